The van der Waals surface area contributed by atoms with E-state index in [9.17, 15) is 4.79 Å². The standard InChI is InChI=1S/C9H10N2OS/c1-3-4-10-9(12)11-8-6-13-5-7(8)2/h1,5-6H,4H2,2H3,(H2,10,11,12). The van der Waals surface area contributed by atoms with Crippen LogP contribution in [0.2, 0.25) is 0 Å². The average Bonchev–Trinajstić information content (AvgIpc) is 2.48. The second kappa shape index (κ2) is 4.53. The smallest absolute Gasteiger partial charge is 0.320 e. The molecule has 0 aliphatic rings. The number of nitrogens with one attached hydrogen (secondary N) is 2. The molecule has 0 unspecified atom stereocenters. The topological polar surface area (TPSA) is 41.1 Å². The first-order valence-corrected chi connectivity index (χ1v) is 4.69. The van der Waals surface area contributed by atoms with Crippen LogP contribution in [-0.2, 0) is 0 Å². The molecular weight excluding hydrogens is 184 g/mol. The Bertz CT molecular complexity index is 338. The van der Waals surface area contributed by atoms with Gasteiger partial charge in [0.1, 0.15) is 0 Å². The molecule has 2 amide bonds. The summed E-state index contributed by atoms with van der Waals surface area (Å²) in [5, 5.41) is 9.05. The van der Waals surface area contributed by atoms with E-state index in [0.29, 0.717) is 0 Å². The molecule has 1 heterocycles. The van der Waals surface area contributed by atoms with Crippen molar-refractivity contribution in [1.29, 1.82) is 0 Å². The summed E-state index contributed by atoms with van der Waals surface area (Å²) >= 11 is 1.55. The highest BCUT2D eigenvalue weighted by atomic mass is 32.1. The van der Waals surface area contributed by atoms with Crippen LogP contribution in [0.5, 0.6) is 0 Å². The van der Waals surface area contributed by atoms with E-state index in [4.69, 9.17) is 6.42 Å². The van der Waals surface area contributed by atoms with Crippen LogP contribution in [-0.4, -0.2) is 12.6 Å². The molecule has 0 radical (unpaired) electrons. The van der Waals surface area contributed by atoms with Gasteiger partial charge in [-0.05, 0) is 17.9 Å². The maximum absolute atomic E-state index is 11.1. The summed E-state index contributed by atoms with van der Waals surface area (Å²) in [6.45, 7) is 2.18. The van der Waals surface area contributed by atoms with Gasteiger partial charge >= 0.3 is 6.03 Å². The molecule has 4 heteroatoms. The van der Waals surface area contributed by atoms with Gasteiger partial charge in [0.25, 0.3) is 0 Å². The minimum atomic E-state index is -0.264. The third-order valence-corrected chi connectivity index (χ3v) is 2.32. The Labute approximate surface area is 81.2 Å². The van der Waals surface area contributed by atoms with Gasteiger partial charge in [-0.3, -0.25) is 0 Å². The molecule has 0 aromatic carbocycles. The van der Waals surface area contributed by atoms with Crippen molar-refractivity contribution in [2.45, 2.75) is 6.92 Å². The fraction of sp³-hybridized carbons (Fsp3) is 0.222. The summed E-state index contributed by atoms with van der Waals surface area (Å²) in [4.78, 5) is 11.1. The number of carbonyl (C=O) groups excluding carboxylic acids is 1. The van der Waals surface area contributed by atoms with Crippen molar-refractivity contribution < 1.29 is 4.79 Å². The molecule has 68 valence electrons. The third-order valence-electron chi connectivity index (χ3n) is 1.45. The maximum Gasteiger partial charge on any atom is 0.320 e. The van der Waals surface area contributed by atoms with E-state index in [0.717, 1.165) is 11.3 Å². The van der Waals surface area contributed by atoms with Gasteiger partial charge in [0, 0.05) is 5.38 Å². The van der Waals surface area contributed by atoms with E-state index in [-0.39, 0.29) is 12.6 Å². The van der Waals surface area contributed by atoms with E-state index in [1.807, 2.05) is 17.7 Å². The molecule has 13 heavy (non-hydrogen) atoms. The monoisotopic (exact) mass is 194 g/mol. The molecule has 3 nitrogen and oxygen atoms in total. The van der Waals surface area contributed by atoms with E-state index >= 15 is 0 Å². The lowest BCUT2D eigenvalue weighted by atomic mass is 10.3. The van der Waals surface area contributed by atoms with Crippen LogP contribution >= 0.6 is 11.3 Å². The van der Waals surface area contributed by atoms with Crippen LogP contribution < -0.4 is 10.6 Å². The number of hydrogen-bond acceptors (Lipinski definition) is 2. The average molecular weight is 194 g/mol. The second-order valence-electron chi connectivity index (χ2n) is 2.48. The minimum Gasteiger partial charge on any atom is -0.327 e. The number of carbonyl (C=O) groups is 1. The van der Waals surface area contributed by atoms with Crippen molar-refractivity contribution >= 4 is 23.1 Å². The van der Waals surface area contributed by atoms with E-state index in [1.54, 1.807) is 11.3 Å². The van der Waals surface area contributed by atoms with E-state index in [2.05, 4.69) is 16.6 Å². The summed E-state index contributed by atoms with van der Waals surface area (Å²) in [6, 6.07) is -0.264. The van der Waals surface area contributed by atoms with Crippen LogP contribution in [0.25, 0.3) is 0 Å². The molecule has 2 N–H and O–H groups in total. The minimum absolute atomic E-state index is 0.245. The van der Waals surface area contributed by atoms with Crippen molar-refractivity contribution in [2.24, 2.45) is 0 Å². The molecule has 0 fully saturated rings. The zero-order valence-corrected chi connectivity index (χ0v) is 8.07. The highest BCUT2D eigenvalue weighted by Crippen LogP contribution is 2.18. The van der Waals surface area contributed by atoms with E-state index in [1.165, 1.54) is 0 Å². The molecule has 0 atom stereocenters. The number of anilines is 1. The van der Waals surface area contributed by atoms with E-state index < -0.39 is 0 Å². The predicted octanol–water partition coefficient (Wildman–Crippen LogP) is 1.81. The quantitative estimate of drug-likeness (QED) is 0.693. The summed E-state index contributed by atoms with van der Waals surface area (Å²) in [5.41, 5.74) is 1.89. The van der Waals surface area contributed by atoms with Gasteiger partial charge < -0.3 is 10.6 Å². The van der Waals surface area contributed by atoms with Crippen LogP contribution in [0, 0.1) is 19.3 Å². The molecule has 0 saturated heterocycles. The first-order valence-electron chi connectivity index (χ1n) is 3.75. The number of hydrogen-bond donors (Lipinski definition) is 2. The number of urea groups is 1. The van der Waals surface area contributed by atoms with Gasteiger partial charge in [-0.15, -0.1) is 17.8 Å². The largest absolute Gasteiger partial charge is 0.327 e. The van der Waals surface area contributed by atoms with Gasteiger partial charge in [-0.25, -0.2) is 4.79 Å². The Kier molecular flexibility index (Phi) is 3.35. The van der Waals surface area contributed by atoms with Crippen LogP contribution in [0.1, 0.15) is 5.56 Å². The Balaban J connectivity index is 2.46. The van der Waals surface area contributed by atoms with Gasteiger partial charge in [0.05, 0.1) is 12.2 Å². The highest BCUT2D eigenvalue weighted by Gasteiger charge is 2.02. The third kappa shape index (κ3) is 2.80. The number of aryl methyl sites for hydroxylation is 1. The van der Waals surface area contributed by atoms with Crippen molar-refractivity contribution in [3.63, 3.8) is 0 Å². The molecular formula is C9H10N2OS. The van der Waals surface area contributed by atoms with Crippen LogP contribution in [0.15, 0.2) is 10.8 Å². The zero-order valence-electron chi connectivity index (χ0n) is 7.26. The lowest BCUT2D eigenvalue weighted by Gasteiger charge is -2.03. The zero-order chi connectivity index (χ0) is 9.68. The molecule has 1 rings (SSSR count). The Morgan fingerprint density at radius 3 is 3.00 bits per heavy atom. The van der Waals surface area contributed by atoms with Crippen molar-refractivity contribution in [2.75, 3.05) is 11.9 Å². The summed E-state index contributed by atoms with van der Waals surface area (Å²) in [7, 11) is 0. The SMILES string of the molecule is C#CCNC(=O)Nc1cscc1C. The number of rotatable bonds is 2. The first kappa shape index (κ1) is 9.62. The fourth-order valence-electron chi connectivity index (χ4n) is 0.786. The predicted molar refractivity (Wildman–Crippen MR) is 54.9 cm³/mol. The van der Waals surface area contributed by atoms with Crippen LogP contribution in [0.3, 0.4) is 0 Å². The fourth-order valence-corrected chi connectivity index (χ4v) is 1.57. The highest BCUT2D eigenvalue weighted by molar-refractivity contribution is 7.08. The second-order valence-corrected chi connectivity index (χ2v) is 3.22. The normalized spacial score (nSPS) is 8.92. The lowest BCUT2D eigenvalue weighted by Crippen LogP contribution is -2.28. The Hall–Kier alpha value is -1.47. The van der Waals surface area contributed by atoms with Gasteiger partial charge in [-0.1, -0.05) is 5.92 Å². The molecule has 0 spiro atoms. The molecule has 0 aliphatic carbocycles. The van der Waals surface area contributed by atoms with Crippen molar-refractivity contribution in [3.05, 3.63) is 16.3 Å². The summed E-state index contributed by atoms with van der Waals surface area (Å²) < 4.78 is 0. The number of thiophene rings is 1. The first-order chi connectivity index (χ1) is 6.24. The number of amides is 2. The van der Waals surface area contributed by atoms with Gasteiger partial charge in [0.2, 0.25) is 0 Å². The molecule has 1 aromatic rings. The molecule has 0 saturated carbocycles. The molecule has 1 aromatic heterocycles. The molecule has 0 bridgehead atoms. The lowest BCUT2D eigenvalue weighted by molar-refractivity contribution is 0.253. The summed E-state index contributed by atoms with van der Waals surface area (Å²) in [6.07, 6.45) is 4.99. The maximum atomic E-state index is 11.1. The van der Waals surface area contributed by atoms with Gasteiger partial charge in [-0.2, -0.15) is 0 Å². The van der Waals surface area contributed by atoms with Crippen molar-refractivity contribution in [1.82, 2.24) is 5.32 Å². The van der Waals surface area contributed by atoms with Gasteiger partial charge in [0.15, 0.2) is 0 Å². The molecule has 0 aliphatic heterocycles. The summed E-state index contributed by atoms with van der Waals surface area (Å²) in [5.74, 6) is 2.32. The Morgan fingerprint density at radius 2 is 2.46 bits per heavy atom. The number of terminal acetylenes is 1. The van der Waals surface area contributed by atoms with Crippen LogP contribution in [0.4, 0.5) is 10.5 Å². The van der Waals surface area contributed by atoms with Crippen molar-refractivity contribution in [3.8, 4) is 12.3 Å². The Morgan fingerprint density at radius 1 is 1.69 bits per heavy atom.